The number of nitrogens with two attached hydrogens (primary N) is 1. The van der Waals surface area contributed by atoms with E-state index < -0.39 is 17.8 Å². The summed E-state index contributed by atoms with van der Waals surface area (Å²) in [5, 5.41) is 2.54. The zero-order valence-corrected chi connectivity index (χ0v) is 11.1. The first-order chi connectivity index (χ1) is 10.1. The van der Waals surface area contributed by atoms with E-state index in [1.807, 2.05) is 0 Å². The van der Waals surface area contributed by atoms with Gasteiger partial charge in [-0.05, 0) is 29.3 Å². The zero-order valence-electron chi connectivity index (χ0n) is 11.1. The molecule has 0 bridgehead atoms. The van der Waals surface area contributed by atoms with Gasteiger partial charge in [-0.1, -0.05) is 18.2 Å². The first-order valence-electron chi connectivity index (χ1n) is 6.29. The average Bonchev–Trinajstić information content (AvgIpc) is 2.47. The predicted molar refractivity (Wildman–Crippen MR) is 74.4 cm³/mol. The van der Waals surface area contributed by atoms with Crippen LogP contribution in [0.3, 0.4) is 0 Å². The number of nitrogens with one attached hydrogen (secondary N) is 1. The number of halogens is 1. The van der Waals surface area contributed by atoms with Gasteiger partial charge in [0.15, 0.2) is 0 Å². The molecule has 6 heteroatoms. The molecule has 1 aromatic carbocycles. The fourth-order valence-electron chi connectivity index (χ4n) is 1.87. The molecule has 2 aromatic rings. The lowest BCUT2D eigenvalue weighted by molar-refractivity contribution is -0.127. The third kappa shape index (κ3) is 4.10. The molecule has 1 aromatic heterocycles. The van der Waals surface area contributed by atoms with Gasteiger partial charge in [-0.15, -0.1) is 0 Å². The molecular formula is C15H14FN3O2. The van der Waals surface area contributed by atoms with E-state index in [1.165, 1.54) is 24.3 Å². The lowest BCUT2D eigenvalue weighted by atomic mass is 10.1. The molecule has 0 radical (unpaired) electrons. The summed E-state index contributed by atoms with van der Waals surface area (Å²) in [4.78, 5) is 27.3. The number of benzene rings is 1. The lowest BCUT2D eigenvalue weighted by Crippen LogP contribution is -2.38. The molecule has 1 heterocycles. The van der Waals surface area contributed by atoms with Crippen molar-refractivity contribution >= 4 is 11.8 Å². The summed E-state index contributed by atoms with van der Waals surface area (Å²) in [6.45, 7) is 0. The molecule has 0 saturated carbocycles. The number of hydrogen-bond donors (Lipinski definition) is 2. The summed E-state index contributed by atoms with van der Waals surface area (Å²) >= 11 is 0. The molecule has 0 fully saturated rings. The highest BCUT2D eigenvalue weighted by Crippen LogP contribution is 2.13. The summed E-state index contributed by atoms with van der Waals surface area (Å²) in [7, 11) is 0. The van der Waals surface area contributed by atoms with Crippen LogP contribution in [-0.2, 0) is 16.0 Å². The van der Waals surface area contributed by atoms with Crippen LogP contribution in [0.15, 0.2) is 48.8 Å². The Bertz CT molecular complexity index is 629. The smallest absolute Gasteiger partial charge is 0.244 e. The van der Waals surface area contributed by atoms with Crippen LogP contribution in [0.25, 0.3) is 0 Å². The molecule has 0 aliphatic carbocycles. The van der Waals surface area contributed by atoms with Gasteiger partial charge in [-0.3, -0.25) is 14.6 Å². The van der Waals surface area contributed by atoms with Crippen LogP contribution < -0.4 is 11.1 Å². The van der Waals surface area contributed by atoms with Gasteiger partial charge in [-0.25, -0.2) is 4.39 Å². The molecule has 0 spiro atoms. The van der Waals surface area contributed by atoms with Gasteiger partial charge < -0.3 is 11.1 Å². The number of carbonyl (C=O) groups is 2. The van der Waals surface area contributed by atoms with Crippen LogP contribution >= 0.6 is 0 Å². The van der Waals surface area contributed by atoms with Gasteiger partial charge in [0.1, 0.15) is 11.9 Å². The second-order valence-corrected chi connectivity index (χ2v) is 4.49. The lowest BCUT2D eigenvalue weighted by Gasteiger charge is -2.16. The van der Waals surface area contributed by atoms with Crippen LogP contribution in [-0.4, -0.2) is 16.8 Å². The Morgan fingerprint density at radius 1 is 1.24 bits per heavy atom. The van der Waals surface area contributed by atoms with Crippen molar-refractivity contribution in [2.75, 3.05) is 0 Å². The fraction of sp³-hybridized carbons (Fsp3) is 0.133. The highest BCUT2D eigenvalue weighted by Gasteiger charge is 2.20. The van der Waals surface area contributed by atoms with Crippen molar-refractivity contribution in [3.8, 4) is 0 Å². The summed E-state index contributed by atoms with van der Waals surface area (Å²) in [5.41, 5.74) is 6.44. The predicted octanol–water partition coefficient (Wildman–Crippen LogP) is 1.11. The normalized spacial score (nSPS) is 11.7. The number of nitrogens with zero attached hydrogens (tertiary/aromatic N) is 1. The van der Waals surface area contributed by atoms with Crippen molar-refractivity contribution in [1.82, 2.24) is 10.3 Å². The van der Waals surface area contributed by atoms with Crippen molar-refractivity contribution in [1.29, 1.82) is 0 Å². The molecule has 0 aliphatic rings. The maximum Gasteiger partial charge on any atom is 0.244 e. The second-order valence-electron chi connectivity index (χ2n) is 4.49. The van der Waals surface area contributed by atoms with E-state index in [1.54, 1.807) is 24.5 Å². The number of pyridine rings is 1. The topological polar surface area (TPSA) is 85.1 Å². The van der Waals surface area contributed by atoms with Gasteiger partial charge in [0.2, 0.25) is 11.8 Å². The molecule has 2 rings (SSSR count). The van der Waals surface area contributed by atoms with E-state index in [9.17, 15) is 14.0 Å². The van der Waals surface area contributed by atoms with Gasteiger partial charge in [0, 0.05) is 12.4 Å². The molecule has 0 aliphatic heterocycles. The van der Waals surface area contributed by atoms with Crippen LogP contribution in [0, 0.1) is 5.82 Å². The summed E-state index contributed by atoms with van der Waals surface area (Å²) in [6, 6.07) is 7.72. The number of primary amides is 1. The van der Waals surface area contributed by atoms with E-state index in [0.717, 1.165) is 5.56 Å². The van der Waals surface area contributed by atoms with E-state index in [0.29, 0.717) is 5.56 Å². The van der Waals surface area contributed by atoms with Crippen LogP contribution in [0.5, 0.6) is 0 Å². The van der Waals surface area contributed by atoms with Crippen molar-refractivity contribution in [2.24, 2.45) is 5.73 Å². The number of carbonyl (C=O) groups excluding carboxylic acids is 2. The molecule has 1 unspecified atom stereocenters. The Hall–Kier alpha value is -2.76. The van der Waals surface area contributed by atoms with E-state index >= 15 is 0 Å². The van der Waals surface area contributed by atoms with E-state index in [2.05, 4.69) is 10.3 Å². The highest BCUT2D eigenvalue weighted by molar-refractivity contribution is 5.88. The summed E-state index contributed by atoms with van der Waals surface area (Å²) in [5.74, 6) is -1.50. The van der Waals surface area contributed by atoms with Gasteiger partial charge in [0.25, 0.3) is 0 Å². The maximum absolute atomic E-state index is 12.9. The standard InChI is InChI=1S/C15H14FN3O2/c16-12-5-3-11(4-6-12)14(15(17)21)19-13(20)8-10-2-1-7-18-9-10/h1-7,9,14H,8H2,(H2,17,21)(H,19,20). The largest absolute Gasteiger partial charge is 0.368 e. The Morgan fingerprint density at radius 2 is 1.95 bits per heavy atom. The highest BCUT2D eigenvalue weighted by atomic mass is 19.1. The summed E-state index contributed by atoms with van der Waals surface area (Å²) in [6.07, 6.45) is 3.25. The van der Waals surface area contributed by atoms with Gasteiger partial charge >= 0.3 is 0 Å². The quantitative estimate of drug-likeness (QED) is 0.863. The molecule has 2 amide bonds. The number of hydrogen-bond acceptors (Lipinski definition) is 3. The minimum atomic E-state index is -0.991. The minimum Gasteiger partial charge on any atom is -0.368 e. The Balaban J connectivity index is 2.08. The van der Waals surface area contributed by atoms with Crippen molar-refractivity contribution in [2.45, 2.75) is 12.5 Å². The Kier molecular flexibility index (Phi) is 4.61. The average molecular weight is 287 g/mol. The van der Waals surface area contributed by atoms with Gasteiger partial charge in [-0.2, -0.15) is 0 Å². The van der Waals surface area contributed by atoms with Crippen LogP contribution in [0.4, 0.5) is 4.39 Å². The fourth-order valence-corrected chi connectivity index (χ4v) is 1.87. The third-order valence-corrected chi connectivity index (χ3v) is 2.88. The molecule has 1 atom stereocenters. The van der Waals surface area contributed by atoms with Crippen molar-refractivity contribution in [3.05, 3.63) is 65.7 Å². The van der Waals surface area contributed by atoms with E-state index in [4.69, 9.17) is 5.73 Å². The SMILES string of the molecule is NC(=O)C(NC(=O)Cc1cccnc1)c1ccc(F)cc1. The molecule has 21 heavy (non-hydrogen) atoms. The molecule has 3 N–H and O–H groups in total. The molecular weight excluding hydrogens is 273 g/mol. The van der Waals surface area contributed by atoms with Crippen molar-refractivity contribution in [3.63, 3.8) is 0 Å². The summed E-state index contributed by atoms with van der Waals surface area (Å²) < 4.78 is 12.9. The Morgan fingerprint density at radius 3 is 2.52 bits per heavy atom. The zero-order chi connectivity index (χ0) is 15.2. The molecule has 108 valence electrons. The maximum atomic E-state index is 12.9. The minimum absolute atomic E-state index is 0.0822. The number of amides is 2. The number of aromatic nitrogens is 1. The number of rotatable bonds is 5. The first-order valence-corrected chi connectivity index (χ1v) is 6.29. The van der Waals surface area contributed by atoms with Crippen LogP contribution in [0.2, 0.25) is 0 Å². The van der Waals surface area contributed by atoms with E-state index in [-0.39, 0.29) is 12.3 Å². The van der Waals surface area contributed by atoms with Crippen LogP contribution in [0.1, 0.15) is 17.2 Å². The first kappa shape index (κ1) is 14.6. The molecule has 5 nitrogen and oxygen atoms in total. The molecule has 0 saturated heterocycles. The van der Waals surface area contributed by atoms with Gasteiger partial charge in [0.05, 0.1) is 6.42 Å². The Labute approximate surface area is 121 Å². The second kappa shape index (κ2) is 6.60. The van der Waals surface area contributed by atoms with Crippen molar-refractivity contribution < 1.29 is 14.0 Å². The third-order valence-electron chi connectivity index (χ3n) is 2.88. The monoisotopic (exact) mass is 287 g/mol.